The van der Waals surface area contributed by atoms with Gasteiger partial charge in [0.2, 0.25) is 0 Å². The Morgan fingerprint density at radius 1 is 0.471 bits per heavy atom. The molecule has 4 unspecified atom stereocenters. The minimum atomic E-state index is -1.77. The first kappa shape index (κ1) is 63.6. The molecule has 2 saturated heterocycles. The van der Waals surface area contributed by atoms with Gasteiger partial charge in [0, 0.05) is 12.8 Å². The molecule has 70 heavy (non-hydrogen) atoms. The van der Waals surface area contributed by atoms with Gasteiger partial charge in [-0.25, -0.2) is 0 Å². The molecule has 15 heteroatoms. The maximum Gasteiger partial charge on any atom is 0.306 e. The molecule has 2 rings (SSSR count). The Morgan fingerprint density at radius 3 is 1.44 bits per heavy atom. The molecule has 406 valence electrons. The highest BCUT2D eigenvalue weighted by Crippen LogP contribution is 2.26. The number of aliphatic hydroxyl groups is 7. The normalized spacial score (nSPS) is 25.7. The Bertz CT molecular complexity index is 1400. The number of esters is 2. The fourth-order valence-corrected chi connectivity index (χ4v) is 8.30. The van der Waals surface area contributed by atoms with E-state index in [1.165, 1.54) is 77.0 Å². The molecule has 0 amide bonds. The van der Waals surface area contributed by atoms with E-state index < -0.39 is 92.7 Å². The minimum Gasteiger partial charge on any atom is -0.462 e. The standard InChI is InChI=1S/C55H96O15/c1-3-5-7-9-11-13-15-17-19-20-21-22-24-26-28-30-32-34-36-38-47(58)68-43(40-65-46(57)37-35-33-31-29-27-25-23-18-16-14-12-10-8-6-4-2)41-66-54-53(64)51(62)49(60)45(70-54)42-67-55-52(63)50(61)48(59)44(39-56)69-55/h11,13-14,16-19,23,43-45,48-56,59-64H,3-10,12,15,20-22,24-42H2,1-2H3/b13-11+,16-14+,19-17+,23-18+/t43-,44+,45+,48-,49-,50?,51?,52?,53?,54+,55+/m1/s1. The first-order valence-electron chi connectivity index (χ1n) is 27.2. The number of aliphatic hydroxyl groups excluding tert-OH is 7. The molecule has 0 radical (unpaired) electrons. The highest BCUT2D eigenvalue weighted by atomic mass is 16.7. The lowest BCUT2D eigenvalue weighted by Gasteiger charge is -2.42. The summed E-state index contributed by atoms with van der Waals surface area (Å²) in [7, 11) is 0. The summed E-state index contributed by atoms with van der Waals surface area (Å²) in [6.45, 7) is 2.53. The van der Waals surface area contributed by atoms with Crippen LogP contribution in [-0.2, 0) is 38.0 Å². The highest BCUT2D eigenvalue weighted by Gasteiger charge is 2.47. The molecule has 2 fully saturated rings. The van der Waals surface area contributed by atoms with Crippen LogP contribution in [0.25, 0.3) is 0 Å². The number of carbonyl (C=O) groups is 2. The van der Waals surface area contributed by atoms with Crippen LogP contribution in [0.3, 0.4) is 0 Å². The summed E-state index contributed by atoms with van der Waals surface area (Å²) >= 11 is 0. The summed E-state index contributed by atoms with van der Waals surface area (Å²) in [5.41, 5.74) is 0. The summed E-state index contributed by atoms with van der Waals surface area (Å²) in [6.07, 6.45) is 29.8. The van der Waals surface area contributed by atoms with Crippen LogP contribution in [0.1, 0.15) is 194 Å². The lowest BCUT2D eigenvalue weighted by atomic mass is 9.98. The second kappa shape index (κ2) is 41.9. The van der Waals surface area contributed by atoms with Crippen LogP contribution in [0.5, 0.6) is 0 Å². The Balaban J connectivity index is 1.79. The van der Waals surface area contributed by atoms with Crippen molar-refractivity contribution in [3.8, 4) is 0 Å². The molecule has 2 aliphatic rings. The number of carbonyl (C=O) groups excluding carboxylic acids is 2. The fraction of sp³-hybridized carbons (Fsp3) is 0.818. The molecule has 2 heterocycles. The maximum absolute atomic E-state index is 13.0. The van der Waals surface area contributed by atoms with Crippen LogP contribution in [0.4, 0.5) is 0 Å². The molecule has 0 aromatic carbocycles. The van der Waals surface area contributed by atoms with Crippen molar-refractivity contribution >= 4 is 11.9 Å². The Labute approximate surface area is 420 Å². The predicted molar refractivity (Wildman–Crippen MR) is 270 cm³/mol. The van der Waals surface area contributed by atoms with E-state index in [-0.39, 0.29) is 26.1 Å². The zero-order chi connectivity index (χ0) is 51.0. The first-order chi connectivity index (χ1) is 34.0. The first-order valence-corrected chi connectivity index (χ1v) is 27.2. The fourth-order valence-electron chi connectivity index (χ4n) is 8.30. The second-order valence-electron chi connectivity index (χ2n) is 19.1. The van der Waals surface area contributed by atoms with Crippen molar-refractivity contribution in [1.82, 2.24) is 0 Å². The average Bonchev–Trinajstić information content (AvgIpc) is 3.35. The SMILES string of the molecule is CCCCC/C=C/C/C=C/CCCCCCCCCCCC(=O)O[C@H](COC(=O)CCCCCCC/C=C/C=C/CCCCCC)CO[C@H]1O[C@@H](CO[C@H]2O[C@@H](CO)[C@@H](O)C(O)C2O)[C@@H](O)C(O)C1O. The molecular weight excluding hydrogens is 901 g/mol. The predicted octanol–water partition coefficient (Wildman–Crippen LogP) is 8.27. The molecule has 0 aromatic heterocycles. The van der Waals surface area contributed by atoms with Crippen molar-refractivity contribution in [3.63, 3.8) is 0 Å². The lowest BCUT2D eigenvalue weighted by Crippen LogP contribution is -2.61. The van der Waals surface area contributed by atoms with Crippen LogP contribution >= 0.6 is 0 Å². The molecule has 0 saturated carbocycles. The van der Waals surface area contributed by atoms with Crippen molar-refractivity contribution < 1.29 is 73.8 Å². The Morgan fingerprint density at radius 2 is 0.900 bits per heavy atom. The summed E-state index contributed by atoms with van der Waals surface area (Å²) in [5, 5.41) is 72.2. The van der Waals surface area contributed by atoms with E-state index in [4.69, 9.17) is 28.4 Å². The maximum atomic E-state index is 13.0. The van der Waals surface area contributed by atoms with Crippen molar-refractivity contribution in [3.05, 3.63) is 48.6 Å². The zero-order valence-corrected chi connectivity index (χ0v) is 43.0. The van der Waals surface area contributed by atoms with E-state index in [9.17, 15) is 45.3 Å². The summed E-state index contributed by atoms with van der Waals surface area (Å²) in [5.74, 6) is -0.946. The van der Waals surface area contributed by atoms with Gasteiger partial charge in [0.25, 0.3) is 0 Å². The van der Waals surface area contributed by atoms with Crippen LogP contribution < -0.4 is 0 Å². The van der Waals surface area contributed by atoms with Gasteiger partial charge in [-0.1, -0.05) is 159 Å². The van der Waals surface area contributed by atoms with Crippen molar-refractivity contribution in [2.45, 2.75) is 261 Å². The second-order valence-corrected chi connectivity index (χ2v) is 19.1. The highest BCUT2D eigenvalue weighted by molar-refractivity contribution is 5.70. The van der Waals surface area contributed by atoms with Gasteiger partial charge in [-0.3, -0.25) is 9.59 Å². The van der Waals surface area contributed by atoms with E-state index in [2.05, 4.69) is 62.5 Å². The Kier molecular flexibility index (Phi) is 38.0. The minimum absolute atomic E-state index is 0.156. The van der Waals surface area contributed by atoms with Crippen LogP contribution in [-0.4, -0.2) is 142 Å². The quantitative estimate of drug-likeness (QED) is 0.0132. The number of hydrogen-bond acceptors (Lipinski definition) is 15. The van der Waals surface area contributed by atoms with Gasteiger partial charge in [0.05, 0.1) is 19.8 Å². The smallest absolute Gasteiger partial charge is 0.306 e. The van der Waals surface area contributed by atoms with E-state index in [1.807, 2.05) is 0 Å². The van der Waals surface area contributed by atoms with Crippen molar-refractivity contribution in [2.24, 2.45) is 0 Å². The molecule has 11 atom stereocenters. The molecule has 0 spiro atoms. The van der Waals surface area contributed by atoms with Crippen LogP contribution in [0.15, 0.2) is 48.6 Å². The van der Waals surface area contributed by atoms with E-state index in [0.29, 0.717) is 12.8 Å². The summed E-state index contributed by atoms with van der Waals surface area (Å²) in [6, 6.07) is 0. The van der Waals surface area contributed by atoms with Gasteiger partial charge in [-0.05, 0) is 70.6 Å². The van der Waals surface area contributed by atoms with Crippen molar-refractivity contribution in [2.75, 3.05) is 26.4 Å². The van der Waals surface area contributed by atoms with Gasteiger partial charge >= 0.3 is 11.9 Å². The average molecular weight is 997 g/mol. The molecule has 15 nitrogen and oxygen atoms in total. The summed E-state index contributed by atoms with van der Waals surface area (Å²) < 4.78 is 33.6. The topological polar surface area (TPSA) is 231 Å². The Hall–Kier alpha value is -2.54. The third-order valence-corrected chi connectivity index (χ3v) is 12.8. The number of unbranched alkanes of at least 4 members (excludes halogenated alkanes) is 21. The van der Waals surface area contributed by atoms with Gasteiger partial charge in [0.1, 0.15) is 55.4 Å². The van der Waals surface area contributed by atoms with Crippen LogP contribution in [0.2, 0.25) is 0 Å². The van der Waals surface area contributed by atoms with Gasteiger partial charge < -0.3 is 64.2 Å². The summed E-state index contributed by atoms with van der Waals surface area (Å²) in [4.78, 5) is 25.8. The van der Waals surface area contributed by atoms with E-state index in [1.54, 1.807) is 0 Å². The van der Waals surface area contributed by atoms with Gasteiger partial charge in [-0.15, -0.1) is 0 Å². The number of allylic oxidation sites excluding steroid dienone is 8. The van der Waals surface area contributed by atoms with Gasteiger partial charge in [-0.2, -0.15) is 0 Å². The lowest BCUT2D eigenvalue weighted by molar-refractivity contribution is -0.332. The molecule has 0 aliphatic carbocycles. The third-order valence-electron chi connectivity index (χ3n) is 12.8. The van der Waals surface area contributed by atoms with Crippen LogP contribution in [0, 0.1) is 0 Å². The largest absolute Gasteiger partial charge is 0.462 e. The zero-order valence-electron chi connectivity index (χ0n) is 43.0. The molecule has 2 aliphatic heterocycles. The number of ether oxygens (including phenoxy) is 6. The molecule has 0 bridgehead atoms. The monoisotopic (exact) mass is 997 g/mol. The van der Waals surface area contributed by atoms with Gasteiger partial charge in [0.15, 0.2) is 18.7 Å². The van der Waals surface area contributed by atoms with E-state index >= 15 is 0 Å². The van der Waals surface area contributed by atoms with E-state index in [0.717, 1.165) is 77.0 Å². The third kappa shape index (κ3) is 29.2. The molecular formula is C55H96O15. The molecule has 0 aromatic rings. The number of rotatable bonds is 42. The van der Waals surface area contributed by atoms with Crippen molar-refractivity contribution in [1.29, 1.82) is 0 Å². The molecule has 7 N–H and O–H groups in total. The number of hydrogen-bond donors (Lipinski definition) is 7.